The number of rotatable bonds is 4. The molecular formula is C17H18FNO2S. The maximum atomic E-state index is 13.6. The molecule has 116 valence electrons. The summed E-state index contributed by atoms with van der Waals surface area (Å²) in [6.45, 7) is 1.48. The standard InChI is InChI=1S/C17H18FNO2S/c1-21-15-4-2-12(10-14(15)18)3-5-17(20)19-8-6-16-13(11-19)7-9-22-16/h2,4,7,9-10H,3,5-6,8,11H2,1H3. The number of methoxy groups -OCH3 is 1. The monoisotopic (exact) mass is 319 g/mol. The molecular weight excluding hydrogens is 301 g/mol. The number of benzene rings is 1. The highest BCUT2D eigenvalue weighted by Gasteiger charge is 2.21. The van der Waals surface area contributed by atoms with Gasteiger partial charge in [-0.3, -0.25) is 4.79 Å². The summed E-state index contributed by atoms with van der Waals surface area (Å²) in [4.78, 5) is 15.6. The summed E-state index contributed by atoms with van der Waals surface area (Å²) >= 11 is 1.76. The molecule has 3 rings (SSSR count). The van der Waals surface area contributed by atoms with Crippen molar-refractivity contribution in [2.45, 2.75) is 25.8 Å². The number of fused-ring (bicyclic) bond motifs is 1. The fraction of sp³-hybridized carbons (Fsp3) is 0.353. The molecule has 2 heterocycles. The van der Waals surface area contributed by atoms with Crippen molar-refractivity contribution in [1.29, 1.82) is 0 Å². The first-order valence-corrected chi connectivity index (χ1v) is 8.21. The normalized spacial score (nSPS) is 13.8. The van der Waals surface area contributed by atoms with Gasteiger partial charge in [-0.05, 0) is 47.5 Å². The van der Waals surface area contributed by atoms with Crippen molar-refractivity contribution in [2.24, 2.45) is 0 Å². The highest BCUT2D eigenvalue weighted by atomic mass is 32.1. The van der Waals surface area contributed by atoms with Crippen molar-refractivity contribution in [3.63, 3.8) is 0 Å². The van der Waals surface area contributed by atoms with Gasteiger partial charge >= 0.3 is 0 Å². The van der Waals surface area contributed by atoms with Crippen LogP contribution >= 0.6 is 11.3 Å². The second-order valence-corrected chi connectivity index (χ2v) is 6.40. The molecule has 2 aromatic rings. The Balaban J connectivity index is 1.58. The molecule has 0 atom stereocenters. The van der Waals surface area contributed by atoms with Crippen molar-refractivity contribution in [3.05, 3.63) is 51.5 Å². The molecule has 1 amide bonds. The lowest BCUT2D eigenvalue weighted by Gasteiger charge is -2.27. The van der Waals surface area contributed by atoms with Gasteiger partial charge in [-0.15, -0.1) is 11.3 Å². The van der Waals surface area contributed by atoms with Crippen LogP contribution in [-0.2, 0) is 24.2 Å². The van der Waals surface area contributed by atoms with Gasteiger partial charge in [-0.2, -0.15) is 0 Å². The van der Waals surface area contributed by atoms with Crippen molar-refractivity contribution < 1.29 is 13.9 Å². The van der Waals surface area contributed by atoms with Crippen LogP contribution < -0.4 is 4.74 Å². The Labute approximate surface area is 133 Å². The molecule has 1 aliphatic heterocycles. The molecule has 0 spiro atoms. The van der Waals surface area contributed by atoms with E-state index < -0.39 is 0 Å². The topological polar surface area (TPSA) is 29.5 Å². The van der Waals surface area contributed by atoms with Crippen LogP contribution in [0.25, 0.3) is 0 Å². The Morgan fingerprint density at radius 3 is 3.05 bits per heavy atom. The Morgan fingerprint density at radius 1 is 1.41 bits per heavy atom. The van der Waals surface area contributed by atoms with Gasteiger partial charge < -0.3 is 9.64 Å². The van der Waals surface area contributed by atoms with Gasteiger partial charge in [0.1, 0.15) is 0 Å². The first-order chi connectivity index (χ1) is 10.7. The number of hydrogen-bond acceptors (Lipinski definition) is 3. The number of halogens is 1. The van der Waals surface area contributed by atoms with E-state index in [9.17, 15) is 9.18 Å². The Kier molecular flexibility index (Phi) is 4.43. The van der Waals surface area contributed by atoms with Crippen LogP contribution in [0.2, 0.25) is 0 Å². The van der Waals surface area contributed by atoms with Crippen LogP contribution in [0.4, 0.5) is 4.39 Å². The number of nitrogens with zero attached hydrogens (tertiary/aromatic N) is 1. The van der Waals surface area contributed by atoms with E-state index in [1.165, 1.54) is 23.6 Å². The summed E-state index contributed by atoms with van der Waals surface area (Å²) in [6, 6.07) is 6.95. The summed E-state index contributed by atoms with van der Waals surface area (Å²) in [6.07, 6.45) is 1.90. The fourth-order valence-electron chi connectivity index (χ4n) is 2.74. The molecule has 22 heavy (non-hydrogen) atoms. The summed E-state index contributed by atoms with van der Waals surface area (Å²) in [5.74, 6) is -0.0162. The van der Waals surface area contributed by atoms with Gasteiger partial charge in [0.15, 0.2) is 11.6 Å². The van der Waals surface area contributed by atoms with E-state index in [0.29, 0.717) is 19.4 Å². The summed E-state index contributed by atoms with van der Waals surface area (Å²) in [5.41, 5.74) is 2.08. The van der Waals surface area contributed by atoms with E-state index >= 15 is 0 Å². The van der Waals surface area contributed by atoms with E-state index in [4.69, 9.17) is 4.74 Å². The lowest BCUT2D eigenvalue weighted by molar-refractivity contribution is -0.132. The SMILES string of the molecule is COc1ccc(CCC(=O)N2CCc3sccc3C2)cc1F. The molecule has 0 N–H and O–H groups in total. The number of hydrogen-bond donors (Lipinski definition) is 0. The predicted octanol–water partition coefficient (Wildman–Crippen LogP) is 3.41. The molecule has 3 nitrogen and oxygen atoms in total. The molecule has 0 bridgehead atoms. The zero-order valence-electron chi connectivity index (χ0n) is 12.5. The Bertz CT molecular complexity index is 683. The Morgan fingerprint density at radius 2 is 2.27 bits per heavy atom. The average molecular weight is 319 g/mol. The highest BCUT2D eigenvalue weighted by Crippen LogP contribution is 2.25. The second-order valence-electron chi connectivity index (χ2n) is 5.40. The van der Waals surface area contributed by atoms with Gasteiger partial charge in [0.05, 0.1) is 7.11 Å². The number of ether oxygens (including phenoxy) is 1. The lowest BCUT2D eigenvalue weighted by Crippen LogP contribution is -2.35. The number of carbonyl (C=O) groups is 1. The van der Waals surface area contributed by atoms with Crippen molar-refractivity contribution in [1.82, 2.24) is 4.90 Å². The second kappa shape index (κ2) is 6.48. The number of carbonyl (C=O) groups excluding carboxylic acids is 1. The van der Waals surface area contributed by atoms with E-state index in [2.05, 4.69) is 11.4 Å². The highest BCUT2D eigenvalue weighted by molar-refractivity contribution is 7.10. The minimum absolute atomic E-state index is 0.132. The molecule has 0 radical (unpaired) electrons. The van der Waals surface area contributed by atoms with E-state index in [0.717, 1.165) is 18.5 Å². The van der Waals surface area contributed by atoms with Crippen LogP contribution in [0.1, 0.15) is 22.4 Å². The van der Waals surface area contributed by atoms with Crippen LogP contribution in [0.15, 0.2) is 29.6 Å². The van der Waals surface area contributed by atoms with Crippen molar-refractivity contribution in [2.75, 3.05) is 13.7 Å². The molecule has 0 saturated carbocycles. The molecule has 0 aliphatic carbocycles. The zero-order valence-corrected chi connectivity index (χ0v) is 13.3. The number of aryl methyl sites for hydroxylation is 1. The predicted molar refractivity (Wildman–Crippen MR) is 84.7 cm³/mol. The minimum atomic E-state index is -0.381. The molecule has 1 aromatic carbocycles. The van der Waals surface area contributed by atoms with Crippen molar-refractivity contribution >= 4 is 17.2 Å². The molecule has 1 aromatic heterocycles. The Hall–Kier alpha value is -1.88. The minimum Gasteiger partial charge on any atom is -0.494 e. The average Bonchev–Trinajstić information content (AvgIpc) is 3.00. The fourth-order valence-corrected chi connectivity index (χ4v) is 3.63. The van der Waals surface area contributed by atoms with E-state index in [1.807, 2.05) is 11.0 Å². The maximum Gasteiger partial charge on any atom is 0.223 e. The smallest absolute Gasteiger partial charge is 0.223 e. The lowest BCUT2D eigenvalue weighted by atomic mass is 10.1. The van der Waals surface area contributed by atoms with Gasteiger partial charge in [0, 0.05) is 24.4 Å². The van der Waals surface area contributed by atoms with Gasteiger partial charge in [0.2, 0.25) is 5.91 Å². The van der Waals surface area contributed by atoms with Gasteiger partial charge in [-0.25, -0.2) is 4.39 Å². The molecule has 1 aliphatic rings. The third-order valence-electron chi connectivity index (χ3n) is 4.00. The van der Waals surface area contributed by atoms with Crippen molar-refractivity contribution in [3.8, 4) is 5.75 Å². The largest absolute Gasteiger partial charge is 0.494 e. The molecule has 0 saturated heterocycles. The summed E-state index contributed by atoms with van der Waals surface area (Å²) in [7, 11) is 1.44. The van der Waals surface area contributed by atoms with E-state index in [1.54, 1.807) is 17.4 Å². The molecule has 5 heteroatoms. The van der Waals surface area contributed by atoms with Gasteiger partial charge in [-0.1, -0.05) is 6.07 Å². The number of thiophene rings is 1. The molecule has 0 fully saturated rings. The van der Waals surface area contributed by atoms with Crippen LogP contribution in [0.3, 0.4) is 0 Å². The third kappa shape index (κ3) is 3.14. The zero-order chi connectivity index (χ0) is 15.5. The molecule has 0 unspecified atom stereocenters. The summed E-state index contributed by atoms with van der Waals surface area (Å²) < 4.78 is 18.5. The third-order valence-corrected chi connectivity index (χ3v) is 5.03. The van der Waals surface area contributed by atoms with Crippen LogP contribution in [0.5, 0.6) is 5.75 Å². The summed E-state index contributed by atoms with van der Waals surface area (Å²) in [5, 5.41) is 2.08. The van der Waals surface area contributed by atoms with Gasteiger partial charge in [0.25, 0.3) is 0 Å². The first-order valence-electron chi connectivity index (χ1n) is 7.33. The first kappa shape index (κ1) is 15.0. The van der Waals surface area contributed by atoms with E-state index in [-0.39, 0.29) is 17.5 Å². The quantitative estimate of drug-likeness (QED) is 0.864. The number of amides is 1. The maximum absolute atomic E-state index is 13.6. The van der Waals surface area contributed by atoms with Crippen LogP contribution in [0, 0.1) is 5.82 Å². The van der Waals surface area contributed by atoms with Crippen LogP contribution in [-0.4, -0.2) is 24.5 Å².